The van der Waals surface area contributed by atoms with Gasteiger partial charge in [-0.3, -0.25) is 0 Å². The van der Waals surface area contributed by atoms with E-state index in [4.69, 9.17) is 10.5 Å². The molecular weight excluding hydrogens is 233 g/mol. The number of nitrogens with zero attached hydrogens (tertiary/aromatic N) is 2. The van der Waals surface area contributed by atoms with E-state index in [1.54, 1.807) is 6.07 Å². The average molecular weight is 253 g/mol. The van der Waals surface area contributed by atoms with Crippen LogP contribution in [0.1, 0.15) is 6.92 Å². The Morgan fingerprint density at radius 2 is 1.94 bits per heavy atom. The van der Waals surface area contributed by atoms with Gasteiger partial charge in [0.1, 0.15) is 0 Å². The molecule has 0 aromatic heterocycles. The number of piperazine rings is 1. The summed E-state index contributed by atoms with van der Waals surface area (Å²) in [6.07, 6.45) is 0. The van der Waals surface area contributed by atoms with Gasteiger partial charge < -0.3 is 20.3 Å². The number of likely N-dealkylation sites (N-methyl/N-ethyl adjacent to an activating group) is 1. The zero-order valence-corrected chi connectivity index (χ0v) is 10.9. The van der Waals surface area contributed by atoms with Crippen LogP contribution in [0.4, 0.5) is 15.8 Å². The Morgan fingerprint density at radius 1 is 1.28 bits per heavy atom. The van der Waals surface area contributed by atoms with Gasteiger partial charge in [0, 0.05) is 38.3 Å². The van der Waals surface area contributed by atoms with Crippen molar-refractivity contribution < 1.29 is 9.13 Å². The molecule has 18 heavy (non-hydrogen) atoms. The number of hydrogen-bond acceptors (Lipinski definition) is 4. The normalized spacial score (nSPS) is 16.9. The number of anilines is 2. The number of ether oxygens (including phenoxy) is 1. The summed E-state index contributed by atoms with van der Waals surface area (Å²) in [5.74, 6) is -0.118. The van der Waals surface area contributed by atoms with Crippen LogP contribution in [0.3, 0.4) is 0 Å². The minimum atomic E-state index is -0.396. The van der Waals surface area contributed by atoms with Gasteiger partial charge in [-0.25, -0.2) is 4.39 Å². The first-order valence-corrected chi connectivity index (χ1v) is 6.27. The summed E-state index contributed by atoms with van der Waals surface area (Å²) >= 11 is 0. The summed E-state index contributed by atoms with van der Waals surface area (Å²) in [6.45, 7) is 6.06. The Kier molecular flexibility index (Phi) is 3.91. The van der Waals surface area contributed by atoms with Gasteiger partial charge in [0.15, 0.2) is 11.6 Å². The molecule has 1 aromatic carbocycles. The quantitative estimate of drug-likeness (QED) is 0.830. The first-order valence-electron chi connectivity index (χ1n) is 6.27. The van der Waals surface area contributed by atoms with E-state index in [2.05, 4.69) is 16.8 Å². The van der Waals surface area contributed by atoms with Gasteiger partial charge in [0.25, 0.3) is 0 Å². The van der Waals surface area contributed by atoms with Crippen molar-refractivity contribution in [1.82, 2.24) is 4.90 Å². The third-order valence-electron chi connectivity index (χ3n) is 3.22. The van der Waals surface area contributed by atoms with Gasteiger partial charge >= 0.3 is 0 Å². The van der Waals surface area contributed by atoms with Gasteiger partial charge in [-0.15, -0.1) is 0 Å². The SMILES string of the molecule is CCOc1cc(N2CCN(C)CC2)c(N)cc1F. The van der Waals surface area contributed by atoms with Crippen LogP contribution in [-0.4, -0.2) is 44.7 Å². The van der Waals surface area contributed by atoms with E-state index in [0.717, 1.165) is 31.9 Å². The van der Waals surface area contributed by atoms with Crippen LogP contribution in [0.5, 0.6) is 5.75 Å². The zero-order chi connectivity index (χ0) is 13.1. The number of nitrogen functional groups attached to an aromatic ring is 1. The molecule has 1 saturated heterocycles. The Bertz CT molecular complexity index is 417. The maximum absolute atomic E-state index is 13.6. The summed E-state index contributed by atoms with van der Waals surface area (Å²) in [5, 5.41) is 0. The molecule has 100 valence electrons. The molecule has 0 amide bonds. The van der Waals surface area contributed by atoms with E-state index in [-0.39, 0.29) is 5.75 Å². The number of hydrogen-bond donors (Lipinski definition) is 1. The van der Waals surface area contributed by atoms with Gasteiger partial charge in [0.2, 0.25) is 0 Å². The minimum Gasteiger partial charge on any atom is -0.491 e. The van der Waals surface area contributed by atoms with E-state index >= 15 is 0 Å². The molecule has 1 aliphatic rings. The van der Waals surface area contributed by atoms with Crippen LogP contribution in [0.2, 0.25) is 0 Å². The van der Waals surface area contributed by atoms with Gasteiger partial charge in [-0.2, -0.15) is 0 Å². The second-order valence-electron chi connectivity index (χ2n) is 4.56. The minimum absolute atomic E-state index is 0.278. The highest BCUT2D eigenvalue weighted by molar-refractivity contribution is 5.70. The third kappa shape index (κ3) is 2.67. The highest BCUT2D eigenvalue weighted by Gasteiger charge is 2.18. The second-order valence-corrected chi connectivity index (χ2v) is 4.56. The molecule has 2 rings (SSSR count). The zero-order valence-electron chi connectivity index (χ0n) is 10.9. The van der Waals surface area contributed by atoms with E-state index in [9.17, 15) is 4.39 Å². The lowest BCUT2D eigenvalue weighted by Crippen LogP contribution is -2.44. The number of halogens is 1. The largest absolute Gasteiger partial charge is 0.491 e. The van der Waals surface area contributed by atoms with Crippen molar-refractivity contribution >= 4 is 11.4 Å². The fraction of sp³-hybridized carbons (Fsp3) is 0.538. The number of nitrogens with two attached hydrogens (primary N) is 1. The van der Waals surface area contributed by atoms with Gasteiger partial charge in [-0.05, 0) is 14.0 Å². The van der Waals surface area contributed by atoms with E-state index < -0.39 is 5.82 Å². The predicted octanol–water partition coefficient (Wildman–Crippen LogP) is 1.56. The van der Waals surface area contributed by atoms with Crippen LogP contribution < -0.4 is 15.4 Å². The number of benzene rings is 1. The Labute approximate surface area is 107 Å². The summed E-state index contributed by atoms with van der Waals surface area (Å²) < 4.78 is 18.9. The average Bonchev–Trinajstić information content (AvgIpc) is 2.34. The van der Waals surface area contributed by atoms with Gasteiger partial charge in [0.05, 0.1) is 18.0 Å². The third-order valence-corrected chi connectivity index (χ3v) is 3.22. The van der Waals surface area contributed by atoms with Gasteiger partial charge in [-0.1, -0.05) is 0 Å². The van der Waals surface area contributed by atoms with E-state index in [1.165, 1.54) is 6.07 Å². The summed E-state index contributed by atoms with van der Waals surface area (Å²) in [5.41, 5.74) is 7.24. The summed E-state index contributed by atoms with van der Waals surface area (Å²) in [7, 11) is 2.09. The molecule has 0 unspecified atom stereocenters. The Balaban J connectivity index is 2.23. The van der Waals surface area contributed by atoms with Crippen molar-refractivity contribution in [3.8, 4) is 5.75 Å². The lowest BCUT2D eigenvalue weighted by atomic mass is 10.2. The fourth-order valence-electron chi connectivity index (χ4n) is 2.15. The molecule has 4 nitrogen and oxygen atoms in total. The highest BCUT2D eigenvalue weighted by Crippen LogP contribution is 2.31. The lowest BCUT2D eigenvalue weighted by Gasteiger charge is -2.34. The Morgan fingerprint density at radius 3 is 2.56 bits per heavy atom. The van der Waals surface area contributed by atoms with E-state index in [0.29, 0.717) is 12.3 Å². The first-order chi connectivity index (χ1) is 8.61. The molecule has 0 saturated carbocycles. The highest BCUT2D eigenvalue weighted by atomic mass is 19.1. The molecule has 1 aromatic rings. The monoisotopic (exact) mass is 253 g/mol. The van der Waals surface area contributed by atoms with Crippen LogP contribution >= 0.6 is 0 Å². The van der Waals surface area contributed by atoms with Crippen molar-refractivity contribution in [2.45, 2.75) is 6.92 Å². The Hall–Kier alpha value is -1.49. The number of rotatable bonds is 3. The van der Waals surface area contributed by atoms with Crippen LogP contribution in [-0.2, 0) is 0 Å². The molecule has 2 N–H and O–H groups in total. The molecule has 0 aliphatic carbocycles. The molecule has 0 atom stereocenters. The van der Waals surface area contributed by atoms with Crippen molar-refractivity contribution in [3.05, 3.63) is 17.9 Å². The van der Waals surface area contributed by atoms with Crippen molar-refractivity contribution in [3.63, 3.8) is 0 Å². The second kappa shape index (κ2) is 5.44. The summed E-state index contributed by atoms with van der Waals surface area (Å²) in [6, 6.07) is 3.05. The standard InChI is InChI=1S/C13H20FN3O/c1-3-18-13-9-12(11(15)8-10(13)14)17-6-4-16(2)5-7-17/h8-9H,3-7,15H2,1-2H3. The molecule has 5 heteroatoms. The fourth-order valence-corrected chi connectivity index (χ4v) is 2.15. The summed E-state index contributed by atoms with van der Waals surface area (Å²) in [4.78, 5) is 4.44. The van der Waals surface area contributed by atoms with Crippen LogP contribution in [0, 0.1) is 5.82 Å². The molecule has 0 spiro atoms. The molecule has 1 fully saturated rings. The van der Waals surface area contributed by atoms with Crippen molar-refractivity contribution in [2.75, 3.05) is 50.5 Å². The molecule has 0 bridgehead atoms. The topological polar surface area (TPSA) is 41.7 Å². The van der Waals surface area contributed by atoms with E-state index in [1.807, 2.05) is 6.92 Å². The molecule has 1 aliphatic heterocycles. The van der Waals surface area contributed by atoms with Crippen molar-refractivity contribution in [1.29, 1.82) is 0 Å². The predicted molar refractivity (Wildman–Crippen MR) is 71.7 cm³/mol. The van der Waals surface area contributed by atoms with Crippen LogP contribution in [0.25, 0.3) is 0 Å². The maximum atomic E-state index is 13.6. The van der Waals surface area contributed by atoms with Crippen molar-refractivity contribution in [2.24, 2.45) is 0 Å². The lowest BCUT2D eigenvalue weighted by molar-refractivity contribution is 0.311. The molecule has 1 heterocycles. The van der Waals surface area contributed by atoms with Crippen LogP contribution in [0.15, 0.2) is 12.1 Å². The smallest absolute Gasteiger partial charge is 0.167 e. The molecule has 0 radical (unpaired) electrons. The first kappa shape index (κ1) is 13.0. The molecular formula is C13H20FN3O. The maximum Gasteiger partial charge on any atom is 0.167 e.